The molecule has 0 bridgehead atoms. The maximum atomic E-state index is 4.38. The van der Waals surface area contributed by atoms with E-state index in [-0.39, 0.29) is 0 Å². The summed E-state index contributed by atoms with van der Waals surface area (Å²) in [5, 5.41) is 12.2. The molecule has 204 valence electrons. The topological polar surface area (TPSA) is 76.4 Å². The summed E-state index contributed by atoms with van der Waals surface area (Å²) >= 11 is 4.89. The number of hydrogen-bond acceptors (Lipinski definition) is 7. The van der Waals surface area contributed by atoms with E-state index in [9.17, 15) is 0 Å². The van der Waals surface area contributed by atoms with Crippen molar-refractivity contribution in [3.05, 3.63) is 53.3 Å². The molecule has 7 nitrogen and oxygen atoms in total. The molecule has 0 fully saturated rings. The molecule has 1 aromatic carbocycles. The van der Waals surface area contributed by atoms with Gasteiger partial charge in [-0.2, -0.15) is 0 Å². The Bertz CT molecular complexity index is 890. The first-order valence-electron chi connectivity index (χ1n) is 12.0. The van der Waals surface area contributed by atoms with Crippen LogP contribution in [-0.2, 0) is 0 Å². The van der Waals surface area contributed by atoms with Crippen LogP contribution in [0.1, 0.15) is 20.3 Å². The van der Waals surface area contributed by atoms with E-state index in [1.807, 2.05) is 49.9 Å². The van der Waals surface area contributed by atoms with Gasteiger partial charge in [0.1, 0.15) is 0 Å². The molecular formula is C27H43N7S3. The molecule has 0 unspecified atom stereocenters. The fourth-order valence-corrected chi connectivity index (χ4v) is 3.84. The molecule has 0 aromatic heterocycles. The van der Waals surface area contributed by atoms with Crippen molar-refractivity contribution in [1.82, 2.24) is 20.9 Å². The van der Waals surface area contributed by atoms with Gasteiger partial charge in [-0.05, 0) is 63.0 Å². The smallest absolute Gasteiger partial charge is 0.218 e. The first-order valence-corrected chi connectivity index (χ1v) is 15.1. The van der Waals surface area contributed by atoms with Crippen molar-refractivity contribution < 1.29 is 0 Å². The Morgan fingerprint density at radius 1 is 1.16 bits per heavy atom. The average Bonchev–Trinajstić information content (AvgIpc) is 2.93. The summed E-state index contributed by atoms with van der Waals surface area (Å²) in [5.74, 6) is 7.41. The summed E-state index contributed by atoms with van der Waals surface area (Å²) in [6.07, 6.45) is 4.71. The highest BCUT2D eigenvalue weighted by atomic mass is 32.2. The third-order valence-electron chi connectivity index (χ3n) is 4.34. The zero-order valence-corrected chi connectivity index (χ0v) is 25.4. The van der Waals surface area contributed by atoms with Crippen molar-refractivity contribution in [2.75, 3.05) is 59.1 Å². The van der Waals surface area contributed by atoms with Crippen molar-refractivity contribution in [2.45, 2.75) is 25.2 Å². The van der Waals surface area contributed by atoms with Crippen LogP contribution in [0, 0.1) is 11.8 Å². The molecule has 0 amide bonds. The fraction of sp³-hybridized carbons (Fsp3) is 0.444. The van der Waals surface area contributed by atoms with Gasteiger partial charge < -0.3 is 20.9 Å². The predicted molar refractivity (Wildman–Crippen MR) is 172 cm³/mol. The average molecular weight is 562 g/mol. The highest BCUT2D eigenvalue weighted by molar-refractivity contribution is 8.13. The van der Waals surface area contributed by atoms with Crippen LogP contribution < -0.4 is 16.0 Å². The summed E-state index contributed by atoms with van der Waals surface area (Å²) in [4.78, 5) is 17.1. The second-order valence-corrected chi connectivity index (χ2v) is 10.1. The van der Waals surface area contributed by atoms with E-state index in [1.165, 1.54) is 4.90 Å². The minimum Gasteiger partial charge on any atom is -0.354 e. The van der Waals surface area contributed by atoms with E-state index >= 15 is 0 Å². The Balaban J connectivity index is 0.000000702. The molecule has 3 N–H and O–H groups in total. The molecule has 0 aliphatic rings. The van der Waals surface area contributed by atoms with Gasteiger partial charge >= 0.3 is 0 Å². The van der Waals surface area contributed by atoms with Gasteiger partial charge in [0.15, 0.2) is 5.17 Å². The second kappa shape index (κ2) is 25.5. The Morgan fingerprint density at radius 2 is 1.92 bits per heavy atom. The zero-order chi connectivity index (χ0) is 27.6. The number of thioether (sulfide) groups is 3. The van der Waals surface area contributed by atoms with Crippen molar-refractivity contribution in [1.29, 1.82) is 0 Å². The third kappa shape index (κ3) is 21.6. The monoisotopic (exact) mass is 561 g/mol. The number of aliphatic imine (C=N–C) groups is 3. The van der Waals surface area contributed by atoms with Gasteiger partial charge in [0.05, 0.1) is 19.1 Å². The van der Waals surface area contributed by atoms with Crippen LogP contribution in [0.5, 0.6) is 0 Å². The fourth-order valence-electron chi connectivity index (χ4n) is 2.26. The second-order valence-electron chi connectivity index (χ2n) is 7.24. The number of nitrogens with zero attached hydrogens (tertiary/aromatic N) is 4. The maximum Gasteiger partial charge on any atom is 0.218 e. The molecule has 0 aliphatic heterocycles. The number of rotatable bonds is 13. The molecule has 1 aromatic rings. The van der Waals surface area contributed by atoms with Gasteiger partial charge in [-0.1, -0.05) is 61.4 Å². The van der Waals surface area contributed by atoms with Gasteiger partial charge in [0, 0.05) is 24.4 Å². The number of allylic oxidation sites excluding steroid dienone is 2. The lowest BCUT2D eigenvalue weighted by Gasteiger charge is -2.14. The molecule has 0 aliphatic carbocycles. The highest BCUT2D eigenvalue weighted by Gasteiger charge is 1.97. The number of benzene rings is 1. The van der Waals surface area contributed by atoms with Gasteiger partial charge in [0.2, 0.25) is 5.96 Å². The normalized spacial score (nSPS) is 11.4. The largest absolute Gasteiger partial charge is 0.354 e. The van der Waals surface area contributed by atoms with Crippen LogP contribution in [0.15, 0.2) is 73.2 Å². The summed E-state index contributed by atoms with van der Waals surface area (Å²) in [5.41, 5.74) is 0. The Kier molecular flexibility index (Phi) is 24.0. The van der Waals surface area contributed by atoms with E-state index in [1.54, 1.807) is 35.3 Å². The number of guanidine groups is 1. The zero-order valence-electron chi connectivity index (χ0n) is 22.9. The predicted octanol–water partition coefficient (Wildman–Crippen LogP) is 4.98. The van der Waals surface area contributed by atoms with E-state index < -0.39 is 0 Å². The number of likely N-dealkylation sites (N-methyl/N-ethyl adjacent to an activating group) is 1. The van der Waals surface area contributed by atoms with Crippen molar-refractivity contribution in [3.8, 4) is 11.8 Å². The molecule has 0 atom stereocenters. The quantitative estimate of drug-likeness (QED) is 0.136. The summed E-state index contributed by atoms with van der Waals surface area (Å²) in [7, 11) is 3.96. The van der Waals surface area contributed by atoms with Crippen LogP contribution in [0.3, 0.4) is 0 Å². The first-order chi connectivity index (χ1) is 18.0. The van der Waals surface area contributed by atoms with E-state index in [2.05, 4.69) is 87.1 Å². The molecular weight excluding hydrogens is 519 g/mol. The van der Waals surface area contributed by atoms with E-state index in [0.717, 1.165) is 36.1 Å². The van der Waals surface area contributed by atoms with Crippen LogP contribution >= 0.6 is 35.3 Å². The van der Waals surface area contributed by atoms with Crippen LogP contribution in [0.2, 0.25) is 0 Å². The number of amidine groups is 1. The molecule has 0 spiro atoms. The van der Waals surface area contributed by atoms with Gasteiger partial charge in [-0.15, -0.1) is 23.5 Å². The lowest BCUT2D eigenvalue weighted by atomic mass is 10.4. The van der Waals surface area contributed by atoms with Crippen molar-refractivity contribution >= 4 is 53.1 Å². The molecule has 0 saturated heterocycles. The molecule has 0 radical (unpaired) electrons. The van der Waals surface area contributed by atoms with E-state index in [0.29, 0.717) is 25.0 Å². The summed E-state index contributed by atoms with van der Waals surface area (Å²) in [6.45, 7) is 15.7. The molecule has 0 saturated carbocycles. The van der Waals surface area contributed by atoms with Crippen LogP contribution in [-0.4, -0.2) is 81.8 Å². The number of hydrogen-bond donors (Lipinski definition) is 3. The first kappa shape index (κ1) is 34.8. The maximum absolute atomic E-state index is 4.38. The molecule has 0 heterocycles. The van der Waals surface area contributed by atoms with Crippen molar-refractivity contribution in [3.63, 3.8) is 0 Å². The molecule has 1 rings (SSSR count). The standard InChI is InChI=1S/C14H22N4S.C13H21N3S2/c1-4-18(3)11-10-16-14(15-2)17-12-19-13-8-6-5-7-9-13;1-5-10-18-12(2)8-6-7-9-15-13(17-4)16-11-14-3/h5-9H,2,4,10-12H2,1,3H3,(H,16,17);5,10,14H,2,8-9,11H2,1,3-4H3,(H,15,16)/b;10-5-. The third-order valence-corrected chi connectivity index (χ3v) is 6.75. The Hall–Kier alpha value is -2.16. The minimum absolute atomic E-state index is 0.616. The SMILES string of the molecule is C=C(CC#CCN/C(=N/CNC)SC)S/C=C\C.C=N/C(=N\CSc1ccccc1)NCCN(C)CC. The van der Waals surface area contributed by atoms with Gasteiger partial charge in [-0.3, -0.25) is 0 Å². The van der Waals surface area contributed by atoms with Crippen LogP contribution in [0.4, 0.5) is 0 Å². The Labute approximate surface area is 237 Å². The highest BCUT2D eigenvalue weighted by Crippen LogP contribution is 2.17. The van der Waals surface area contributed by atoms with Gasteiger partial charge in [-0.25, -0.2) is 15.0 Å². The summed E-state index contributed by atoms with van der Waals surface area (Å²) < 4.78 is 0. The lowest BCUT2D eigenvalue weighted by Crippen LogP contribution is -2.32. The van der Waals surface area contributed by atoms with E-state index in [4.69, 9.17) is 0 Å². The minimum atomic E-state index is 0.616. The molecule has 10 heteroatoms. The van der Waals surface area contributed by atoms with Crippen molar-refractivity contribution in [2.24, 2.45) is 15.0 Å². The number of nitrogens with one attached hydrogen (secondary N) is 3. The van der Waals surface area contributed by atoms with Gasteiger partial charge in [0.25, 0.3) is 0 Å². The lowest BCUT2D eigenvalue weighted by molar-refractivity contribution is 0.357. The summed E-state index contributed by atoms with van der Waals surface area (Å²) in [6, 6.07) is 10.2. The Morgan fingerprint density at radius 3 is 2.54 bits per heavy atom. The van der Waals surface area contributed by atoms with Crippen LogP contribution in [0.25, 0.3) is 0 Å². The molecule has 37 heavy (non-hydrogen) atoms.